The molecule has 1 aliphatic carbocycles. The summed E-state index contributed by atoms with van der Waals surface area (Å²) in [6.07, 6.45) is 6.42. The largest absolute Gasteiger partial charge is 0.483 e. The lowest BCUT2D eigenvalue weighted by atomic mass is 9.99. The van der Waals surface area contributed by atoms with Crippen molar-refractivity contribution in [2.45, 2.75) is 44.1 Å². The Balaban J connectivity index is 1.20. The van der Waals surface area contributed by atoms with Crippen LogP contribution < -0.4 is 15.2 Å². The van der Waals surface area contributed by atoms with Gasteiger partial charge >= 0.3 is 5.56 Å². The van der Waals surface area contributed by atoms with Crippen molar-refractivity contribution in [3.63, 3.8) is 0 Å². The maximum Gasteiger partial charge on any atom is 0.316 e. The minimum Gasteiger partial charge on any atom is -0.483 e. The smallest absolute Gasteiger partial charge is 0.316 e. The molecule has 9 nitrogen and oxygen atoms in total. The zero-order valence-corrected chi connectivity index (χ0v) is 23.9. The fourth-order valence-corrected chi connectivity index (χ4v) is 7.83. The summed E-state index contributed by atoms with van der Waals surface area (Å²) in [5, 5.41) is 4.96. The first-order chi connectivity index (χ1) is 19.4. The summed E-state index contributed by atoms with van der Waals surface area (Å²) < 4.78 is 37.9. The second-order valence-corrected chi connectivity index (χ2v) is 13.1. The Morgan fingerprint density at radius 2 is 1.62 bits per heavy atom. The van der Waals surface area contributed by atoms with Crippen molar-refractivity contribution in [2.75, 3.05) is 44.2 Å². The Hall–Kier alpha value is -2.92. The number of hydrogen-bond donors (Lipinski definition) is 0. The van der Waals surface area contributed by atoms with Gasteiger partial charge < -0.3 is 9.64 Å². The molecule has 2 aliphatic heterocycles. The summed E-state index contributed by atoms with van der Waals surface area (Å²) in [6.45, 7) is 2.56. The van der Waals surface area contributed by atoms with Crippen LogP contribution in [0, 0.1) is 0 Å². The second-order valence-electron chi connectivity index (χ2n) is 10.7. The minimum absolute atomic E-state index is 0.0175. The molecule has 1 unspecified atom stereocenters. The van der Waals surface area contributed by atoms with E-state index in [1.165, 1.54) is 10.2 Å². The number of benzene rings is 2. The van der Waals surface area contributed by atoms with Gasteiger partial charge in [-0.2, -0.15) is 26.8 Å². The quantitative estimate of drug-likeness (QED) is 0.417. The standard InChI is InChI=1S/C29H34ClN5O4S/c30-24-9-6-10-25(19-24)35-29(36)28(39-26-11-4-5-12-26)27(20-31-35)32-15-17-33(18-16-32)40(37,38)34-14-13-23(21-34)22-7-2-1-3-8-22/h1-3,6-10,19-20,23,26H,4-5,11-18,21H2. The van der Waals surface area contributed by atoms with Crippen LogP contribution in [-0.2, 0) is 10.2 Å². The molecule has 2 saturated heterocycles. The van der Waals surface area contributed by atoms with Crippen molar-refractivity contribution in [1.82, 2.24) is 18.4 Å². The lowest BCUT2D eigenvalue weighted by Gasteiger charge is -2.37. The molecule has 40 heavy (non-hydrogen) atoms. The van der Waals surface area contributed by atoms with Crippen LogP contribution in [0.3, 0.4) is 0 Å². The lowest BCUT2D eigenvalue weighted by Crippen LogP contribution is -2.53. The molecular weight excluding hydrogens is 550 g/mol. The average molecular weight is 584 g/mol. The Labute approximate surface area is 240 Å². The van der Waals surface area contributed by atoms with E-state index in [4.69, 9.17) is 16.3 Å². The molecular formula is C29H34ClN5O4S. The highest BCUT2D eigenvalue weighted by Crippen LogP contribution is 2.32. The van der Waals surface area contributed by atoms with Crippen LogP contribution in [0.2, 0.25) is 5.02 Å². The first kappa shape index (κ1) is 27.3. The van der Waals surface area contributed by atoms with Gasteiger partial charge in [0.05, 0.1) is 18.0 Å². The van der Waals surface area contributed by atoms with Crippen LogP contribution in [0.25, 0.3) is 5.69 Å². The number of halogens is 1. The molecule has 0 bridgehead atoms. The number of aromatic nitrogens is 2. The third kappa shape index (κ3) is 5.50. The third-order valence-electron chi connectivity index (χ3n) is 8.21. The topological polar surface area (TPSA) is 88.0 Å². The van der Waals surface area contributed by atoms with E-state index in [-0.39, 0.29) is 23.3 Å². The van der Waals surface area contributed by atoms with Crippen molar-refractivity contribution in [3.05, 3.63) is 81.7 Å². The molecule has 1 atom stereocenters. The van der Waals surface area contributed by atoms with Crippen molar-refractivity contribution in [2.24, 2.45) is 0 Å². The van der Waals surface area contributed by atoms with E-state index >= 15 is 0 Å². The molecule has 212 valence electrons. The molecule has 3 heterocycles. The first-order valence-electron chi connectivity index (χ1n) is 14.0. The molecule has 0 amide bonds. The number of anilines is 1. The Morgan fingerprint density at radius 1 is 0.875 bits per heavy atom. The normalized spacial score (nSPS) is 21.2. The predicted octanol–water partition coefficient (Wildman–Crippen LogP) is 4.06. The van der Waals surface area contributed by atoms with E-state index < -0.39 is 10.2 Å². The maximum atomic E-state index is 13.7. The number of rotatable bonds is 7. The molecule has 6 rings (SSSR count). The van der Waals surface area contributed by atoms with Gasteiger partial charge in [0.1, 0.15) is 5.69 Å². The van der Waals surface area contributed by atoms with E-state index in [0.29, 0.717) is 55.7 Å². The average Bonchev–Trinajstić information content (AvgIpc) is 3.68. The monoisotopic (exact) mass is 583 g/mol. The zero-order valence-electron chi connectivity index (χ0n) is 22.4. The molecule has 0 radical (unpaired) electrons. The SMILES string of the molecule is O=c1c(OC2CCCC2)c(N2CCN(S(=O)(=O)N3CCC(c4ccccc4)C3)CC2)cnn1-c1cccc(Cl)c1. The highest BCUT2D eigenvalue weighted by Gasteiger charge is 2.38. The van der Waals surface area contributed by atoms with Gasteiger partial charge in [-0.3, -0.25) is 4.79 Å². The molecule has 3 fully saturated rings. The molecule has 11 heteroatoms. The van der Waals surface area contributed by atoms with Crippen LogP contribution in [0.15, 0.2) is 65.6 Å². The maximum absolute atomic E-state index is 13.7. The van der Waals surface area contributed by atoms with E-state index in [1.807, 2.05) is 23.1 Å². The van der Waals surface area contributed by atoms with Gasteiger partial charge in [-0.25, -0.2) is 0 Å². The van der Waals surface area contributed by atoms with Crippen LogP contribution in [0.5, 0.6) is 5.75 Å². The van der Waals surface area contributed by atoms with Crippen molar-refractivity contribution >= 4 is 27.5 Å². The van der Waals surface area contributed by atoms with E-state index in [0.717, 1.165) is 32.1 Å². The summed E-state index contributed by atoms with van der Waals surface area (Å²) in [6, 6.07) is 17.1. The van der Waals surface area contributed by atoms with Gasteiger partial charge in [-0.15, -0.1) is 0 Å². The molecule has 0 spiro atoms. The molecule has 2 aromatic carbocycles. The summed E-state index contributed by atoms with van der Waals surface area (Å²) in [5.41, 5.74) is 2.01. The number of nitrogens with zero attached hydrogens (tertiary/aromatic N) is 5. The predicted molar refractivity (Wildman–Crippen MR) is 156 cm³/mol. The van der Waals surface area contributed by atoms with Gasteiger partial charge in [-0.05, 0) is 61.8 Å². The van der Waals surface area contributed by atoms with Crippen molar-refractivity contribution < 1.29 is 13.2 Å². The van der Waals surface area contributed by atoms with E-state index in [1.54, 1.807) is 39.1 Å². The summed E-state index contributed by atoms with van der Waals surface area (Å²) in [5.74, 6) is 0.480. The summed E-state index contributed by atoms with van der Waals surface area (Å²) in [7, 11) is -3.58. The second kappa shape index (κ2) is 11.5. The van der Waals surface area contributed by atoms with Crippen molar-refractivity contribution in [3.8, 4) is 11.4 Å². The van der Waals surface area contributed by atoms with Gasteiger partial charge in [0, 0.05) is 44.3 Å². The number of ether oxygens (including phenoxy) is 1. The van der Waals surface area contributed by atoms with Gasteiger partial charge in [0.15, 0.2) is 0 Å². The van der Waals surface area contributed by atoms with E-state index in [9.17, 15) is 13.2 Å². The first-order valence-corrected chi connectivity index (χ1v) is 15.8. The molecule has 1 saturated carbocycles. The lowest BCUT2D eigenvalue weighted by molar-refractivity contribution is 0.205. The van der Waals surface area contributed by atoms with E-state index in [2.05, 4.69) is 17.2 Å². The summed E-state index contributed by atoms with van der Waals surface area (Å²) >= 11 is 6.17. The molecule has 3 aromatic rings. The van der Waals surface area contributed by atoms with Gasteiger partial charge in [-0.1, -0.05) is 48.0 Å². The summed E-state index contributed by atoms with van der Waals surface area (Å²) in [4.78, 5) is 15.7. The molecule has 0 N–H and O–H groups in total. The molecule has 3 aliphatic rings. The third-order valence-corrected chi connectivity index (χ3v) is 10.4. The van der Waals surface area contributed by atoms with Crippen molar-refractivity contribution in [1.29, 1.82) is 0 Å². The fourth-order valence-electron chi connectivity index (χ4n) is 5.99. The van der Waals surface area contributed by atoms with Gasteiger partial charge in [0.2, 0.25) is 5.75 Å². The fraction of sp³-hybridized carbons (Fsp3) is 0.448. The van der Waals surface area contributed by atoms with Crippen LogP contribution in [0.4, 0.5) is 5.69 Å². The Kier molecular flexibility index (Phi) is 7.85. The highest BCUT2D eigenvalue weighted by molar-refractivity contribution is 7.86. The van der Waals surface area contributed by atoms with Gasteiger partial charge in [0.25, 0.3) is 10.2 Å². The Bertz CT molecular complexity index is 1500. The highest BCUT2D eigenvalue weighted by atomic mass is 35.5. The number of piperazine rings is 1. The van der Waals surface area contributed by atoms with Crippen LogP contribution in [-0.4, -0.2) is 72.2 Å². The zero-order chi connectivity index (χ0) is 27.7. The molecule has 1 aromatic heterocycles. The van der Waals surface area contributed by atoms with Crippen LogP contribution >= 0.6 is 11.6 Å². The minimum atomic E-state index is -3.58. The number of hydrogen-bond acceptors (Lipinski definition) is 6. The van der Waals surface area contributed by atoms with Crippen LogP contribution in [0.1, 0.15) is 43.6 Å². The Morgan fingerprint density at radius 3 is 2.35 bits per heavy atom.